The van der Waals surface area contributed by atoms with E-state index in [9.17, 15) is 0 Å². The van der Waals surface area contributed by atoms with E-state index in [0.717, 1.165) is 0 Å². The molecule has 0 aliphatic carbocycles. The van der Waals surface area contributed by atoms with Crippen molar-refractivity contribution in [2.75, 3.05) is 7.11 Å². The van der Waals surface area contributed by atoms with Crippen molar-refractivity contribution in [3.8, 4) is 11.5 Å². The molecule has 0 saturated heterocycles. The van der Waals surface area contributed by atoms with Gasteiger partial charge in [-0.2, -0.15) is 0 Å². The van der Waals surface area contributed by atoms with Crippen LogP contribution in [0.3, 0.4) is 0 Å². The molecule has 0 aliphatic rings. The number of hydrogen-bond acceptors (Lipinski definition) is 2. The van der Waals surface area contributed by atoms with Crippen LogP contribution in [0, 0.1) is 0 Å². The van der Waals surface area contributed by atoms with Crippen LogP contribution in [0.5, 0.6) is 11.5 Å². The van der Waals surface area contributed by atoms with Gasteiger partial charge in [-0.3, -0.25) is 0 Å². The Morgan fingerprint density at radius 3 is 2.09 bits per heavy atom. The molecule has 11 heavy (non-hydrogen) atoms. The number of hydrogen-bond donors (Lipinski definition) is 1. The Bertz CT molecular complexity index is 203. The van der Waals surface area contributed by atoms with Gasteiger partial charge in [0.15, 0.2) is 11.5 Å². The second kappa shape index (κ2) is 7.47. The van der Waals surface area contributed by atoms with Crippen molar-refractivity contribution in [2.45, 2.75) is 0 Å². The largest absolute Gasteiger partial charge is 0.504 e. The zero-order chi connectivity index (χ0) is 6.69. The SMILES string of the molecule is COc1ccccc1O.[Na].[Na]. The van der Waals surface area contributed by atoms with E-state index in [0.29, 0.717) is 5.75 Å². The summed E-state index contributed by atoms with van der Waals surface area (Å²) in [4.78, 5) is 0. The van der Waals surface area contributed by atoms with E-state index in [-0.39, 0.29) is 64.9 Å². The number of phenolic OH excluding ortho intramolecular Hbond substituents is 1. The Morgan fingerprint density at radius 1 is 1.18 bits per heavy atom. The first-order valence-electron chi connectivity index (χ1n) is 2.66. The topological polar surface area (TPSA) is 29.5 Å². The molecule has 0 bridgehead atoms. The van der Waals surface area contributed by atoms with E-state index in [1.165, 1.54) is 7.11 Å². The number of methoxy groups -OCH3 is 1. The minimum Gasteiger partial charge on any atom is -0.504 e. The predicted molar refractivity (Wildman–Crippen MR) is 46.2 cm³/mol. The summed E-state index contributed by atoms with van der Waals surface area (Å²) in [5.41, 5.74) is 0. The van der Waals surface area contributed by atoms with Crippen LogP contribution in [0.1, 0.15) is 0 Å². The first kappa shape index (κ1) is 14.3. The molecule has 0 atom stereocenters. The molecule has 0 spiro atoms. The molecule has 0 aromatic heterocycles. The fourth-order valence-electron chi connectivity index (χ4n) is 0.630. The summed E-state index contributed by atoms with van der Waals surface area (Å²) in [5.74, 6) is 0.692. The van der Waals surface area contributed by atoms with Crippen LogP contribution in [-0.4, -0.2) is 71.3 Å². The summed E-state index contributed by atoms with van der Waals surface area (Å²) in [5, 5.41) is 8.99. The van der Waals surface area contributed by atoms with Crippen molar-refractivity contribution < 1.29 is 9.84 Å². The Labute approximate surface area is 111 Å². The summed E-state index contributed by atoms with van der Waals surface area (Å²) < 4.78 is 4.79. The molecule has 0 unspecified atom stereocenters. The number of para-hydroxylation sites is 2. The number of ether oxygens (including phenoxy) is 1. The zero-order valence-corrected chi connectivity index (χ0v) is 11.2. The normalized spacial score (nSPS) is 7.36. The van der Waals surface area contributed by atoms with Gasteiger partial charge in [-0.05, 0) is 12.1 Å². The maximum absolute atomic E-state index is 8.99. The van der Waals surface area contributed by atoms with Gasteiger partial charge in [-0.15, -0.1) is 0 Å². The van der Waals surface area contributed by atoms with Gasteiger partial charge in [0.2, 0.25) is 0 Å². The Kier molecular flexibility index (Phi) is 9.74. The van der Waals surface area contributed by atoms with E-state index in [1.54, 1.807) is 24.3 Å². The molecule has 0 amide bonds. The molecule has 1 aromatic rings. The minimum atomic E-state index is 0. The molecule has 50 valence electrons. The molecule has 2 radical (unpaired) electrons. The molecule has 2 nitrogen and oxygen atoms in total. The Balaban J connectivity index is 0. The van der Waals surface area contributed by atoms with Gasteiger partial charge >= 0.3 is 0 Å². The van der Waals surface area contributed by atoms with Crippen molar-refractivity contribution in [1.29, 1.82) is 0 Å². The summed E-state index contributed by atoms with van der Waals surface area (Å²) >= 11 is 0. The molecule has 1 N–H and O–H groups in total. The average molecular weight is 170 g/mol. The summed E-state index contributed by atoms with van der Waals surface area (Å²) in [6.45, 7) is 0. The summed E-state index contributed by atoms with van der Waals surface area (Å²) in [6, 6.07) is 6.84. The van der Waals surface area contributed by atoms with Gasteiger partial charge in [0.25, 0.3) is 0 Å². The van der Waals surface area contributed by atoms with Crippen molar-refractivity contribution in [2.24, 2.45) is 0 Å². The van der Waals surface area contributed by atoms with Gasteiger partial charge in [0.05, 0.1) is 7.11 Å². The predicted octanol–water partition coefficient (Wildman–Crippen LogP) is 0.639. The molecule has 1 rings (SSSR count). The van der Waals surface area contributed by atoms with Crippen molar-refractivity contribution in [3.05, 3.63) is 24.3 Å². The van der Waals surface area contributed by atoms with Crippen LogP contribution >= 0.6 is 0 Å². The van der Waals surface area contributed by atoms with Crippen molar-refractivity contribution in [3.63, 3.8) is 0 Å². The third kappa shape index (κ3) is 4.41. The smallest absolute Gasteiger partial charge is 0.160 e. The molecule has 4 heteroatoms. The fraction of sp³-hybridized carbons (Fsp3) is 0.143. The van der Waals surface area contributed by atoms with Crippen LogP contribution in [0.15, 0.2) is 24.3 Å². The van der Waals surface area contributed by atoms with Crippen LogP contribution in [0.4, 0.5) is 0 Å². The fourth-order valence-corrected chi connectivity index (χ4v) is 0.630. The number of benzene rings is 1. The van der Waals surface area contributed by atoms with Gasteiger partial charge in [0, 0.05) is 59.1 Å². The third-order valence-electron chi connectivity index (χ3n) is 1.09. The van der Waals surface area contributed by atoms with Crippen LogP contribution < -0.4 is 4.74 Å². The maximum Gasteiger partial charge on any atom is 0.160 e. The van der Waals surface area contributed by atoms with Crippen LogP contribution in [0.2, 0.25) is 0 Å². The molecular formula is C7H8Na2O2. The molecule has 0 heterocycles. The van der Waals surface area contributed by atoms with Gasteiger partial charge < -0.3 is 9.84 Å². The molecule has 0 fully saturated rings. The number of rotatable bonds is 1. The second-order valence-electron chi connectivity index (χ2n) is 1.67. The molecular weight excluding hydrogens is 162 g/mol. The summed E-state index contributed by atoms with van der Waals surface area (Å²) in [7, 11) is 1.52. The van der Waals surface area contributed by atoms with E-state index in [1.807, 2.05) is 0 Å². The minimum absolute atomic E-state index is 0. The maximum atomic E-state index is 8.99. The first-order valence-corrected chi connectivity index (χ1v) is 2.66. The van der Waals surface area contributed by atoms with Crippen LogP contribution in [0.25, 0.3) is 0 Å². The average Bonchev–Trinajstić information content (AvgIpc) is 1.89. The number of aromatic hydroxyl groups is 1. The summed E-state index contributed by atoms with van der Waals surface area (Å²) in [6.07, 6.45) is 0. The standard InChI is InChI=1S/C7H8O2.2Na/c1-9-7-5-3-2-4-6(7)8;;/h2-5,8H,1H3;;. The number of phenols is 1. The van der Waals surface area contributed by atoms with E-state index in [4.69, 9.17) is 9.84 Å². The van der Waals surface area contributed by atoms with Gasteiger partial charge in [-0.1, -0.05) is 12.1 Å². The Hall–Kier alpha value is 0.820. The monoisotopic (exact) mass is 170 g/mol. The van der Waals surface area contributed by atoms with Crippen molar-refractivity contribution in [1.82, 2.24) is 0 Å². The van der Waals surface area contributed by atoms with Gasteiger partial charge in [0.1, 0.15) is 0 Å². The molecule has 0 saturated carbocycles. The van der Waals surface area contributed by atoms with E-state index in [2.05, 4.69) is 0 Å². The van der Waals surface area contributed by atoms with Gasteiger partial charge in [-0.25, -0.2) is 0 Å². The quantitative estimate of drug-likeness (QED) is 0.626. The first-order chi connectivity index (χ1) is 4.34. The zero-order valence-electron chi connectivity index (χ0n) is 7.16. The van der Waals surface area contributed by atoms with Crippen molar-refractivity contribution >= 4 is 59.1 Å². The van der Waals surface area contributed by atoms with E-state index >= 15 is 0 Å². The Morgan fingerprint density at radius 2 is 1.73 bits per heavy atom. The van der Waals surface area contributed by atoms with Crippen LogP contribution in [-0.2, 0) is 0 Å². The van der Waals surface area contributed by atoms with E-state index < -0.39 is 0 Å². The second-order valence-corrected chi connectivity index (χ2v) is 1.67. The molecule has 1 aromatic carbocycles. The third-order valence-corrected chi connectivity index (χ3v) is 1.09. The molecule has 0 aliphatic heterocycles.